The summed E-state index contributed by atoms with van der Waals surface area (Å²) in [5.74, 6) is 0.639. The van der Waals surface area contributed by atoms with Crippen molar-refractivity contribution in [2.45, 2.75) is 31.7 Å². The molecule has 0 bridgehead atoms. The normalized spacial score (nSPS) is 11.6. The maximum Gasteiger partial charge on any atom is 0.260 e. The Kier molecular flexibility index (Phi) is 4.66. The molecule has 0 aliphatic carbocycles. The molecule has 0 saturated carbocycles. The first kappa shape index (κ1) is 13.7. The van der Waals surface area contributed by atoms with Gasteiger partial charge in [-0.3, -0.25) is 0 Å². The van der Waals surface area contributed by atoms with Crippen LogP contribution in [-0.2, 0) is 16.4 Å². The van der Waals surface area contributed by atoms with Gasteiger partial charge in [-0.05, 0) is 0 Å². The van der Waals surface area contributed by atoms with Crippen LogP contribution in [0.4, 0.5) is 0 Å². The summed E-state index contributed by atoms with van der Waals surface area (Å²) in [6, 6.07) is 1.94. The minimum absolute atomic E-state index is 0.0918. The highest BCUT2D eigenvalue weighted by atomic mass is 32.2. The van der Waals surface area contributed by atoms with E-state index in [1.807, 2.05) is 13.0 Å². The van der Waals surface area contributed by atoms with Crippen LogP contribution in [0.25, 0.3) is 0 Å². The average Bonchev–Trinajstić information content (AvgIpc) is 2.79. The Morgan fingerprint density at radius 2 is 2.24 bits per heavy atom. The van der Waals surface area contributed by atoms with Crippen LogP contribution in [-0.4, -0.2) is 35.8 Å². The van der Waals surface area contributed by atoms with Crippen molar-refractivity contribution >= 4 is 10.0 Å². The highest BCUT2D eigenvalue weighted by molar-refractivity contribution is 7.89. The third-order valence-electron chi connectivity index (χ3n) is 2.38. The second-order valence-corrected chi connectivity index (χ2v) is 5.36. The molecule has 1 N–H and O–H groups in total. The number of aryl methyl sites for hydroxylation is 1. The lowest BCUT2D eigenvalue weighted by Crippen LogP contribution is -2.32. The lowest BCUT2D eigenvalue weighted by Gasteiger charge is -2.17. The third kappa shape index (κ3) is 3.05. The number of H-pyrrole nitrogens is 1. The summed E-state index contributed by atoms with van der Waals surface area (Å²) >= 11 is 0. The Hall–Kier alpha value is -1.39. The first-order valence-electron chi connectivity index (χ1n) is 5.47. The maximum absolute atomic E-state index is 12.1. The van der Waals surface area contributed by atoms with Crippen molar-refractivity contribution in [1.29, 1.82) is 5.26 Å². The largest absolute Gasteiger partial charge is 0.332 e. The van der Waals surface area contributed by atoms with Crippen LogP contribution in [0.1, 0.15) is 26.1 Å². The molecular weight excluding hydrogens is 240 g/mol. The molecule has 1 rings (SSSR count). The average molecular weight is 256 g/mol. The Morgan fingerprint density at radius 1 is 1.53 bits per heavy atom. The number of hydrogen-bond acceptors (Lipinski definition) is 4. The number of aromatic amines is 1. The van der Waals surface area contributed by atoms with E-state index in [-0.39, 0.29) is 18.0 Å². The van der Waals surface area contributed by atoms with Gasteiger partial charge in [-0.25, -0.2) is 13.4 Å². The first-order valence-corrected chi connectivity index (χ1v) is 6.91. The number of aromatic nitrogens is 2. The minimum Gasteiger partial charge on any atom is -0.332 e. The monoisotopic (exact) mass is 256 g/mol. The van der Waals surface area contributed by atoms with Gasteiger partial charge in [0.1, 0.15) is 5.82 Å². The van der Waals surface area contributed by atoms with E-state index < -0.39 is 10.0 Å². The van der Waals surface area contributed by atoms with E-state index >= 15 is 0 Å². The summed E-state index contributed by atoms with van der Waals surface area (Å²) in [5, 5.41) is 8.59. The summed E-state index contributed by atoms with van der Waals surface area (Å²) in [5.41, 5.74) is 0. The lowest BCUT2D eigenvalue weighted by molar-refractivity contribution is 0.433. The Labute approximate surface area is 101 Å². The molecule has 0 atom stereocenters. The molecular formula is C10H16N4O2S. The molecule has 94 valence electrons. The van der Waals surface area contributed by atoms with Gasteiger partial charge in [-0.2, -0.15) is 9.57 Å². The van der Waals surface area contributed by atoms with E-state index in [1.54, 1.807) is 6.92 Å². The summed E-state index contributed by atoms with van der Waals surface area (Å²) in [4.78, 5) is 6.74. The Morgan fingerprint density at radius 3 is 2.71 bits per heavy atom. The smallest absolute Gasteiger partial charge is 0.260 e. The first-order chi connectivity index (χ1) is 8.06. The zero-order chi connectivity index (χ0) is 12.9. The van der Waals surface area contributed by atoms with E-state index in [1.165, 1.54) is 10.5 Å². The summed E-state index contributed by atoms with van der Waals surface area (Å²) < 4.78 is 25.6. The summed E-state index contributed by atoms with van der Waals surface area (Å²) in [6.07, 6.45) is 2.16. The second-order valence-electron chi connectivity index (χ2n) is 3.45. The van der Waals surface area contributed by atoms with Crippen molar-refractivity contribution in [2.75, 3.05) is 13.1 Å². The molecule has 1 aromatic heterocycles. The zero-order valence-corrected chi connectivity index (χ0v) is 10.8. The molecule has 0 unspecified atom stereocenters. The van der Waals surface area contributed by atoms with Gasteiger partial charge in [0.2, 0.25) is 0 Å². The zero-order valence-electron chi connectivity index (χ0n) is 9.97. The molecule has 1 heterocycles. The van der Waals surface area contributed by atoms with Gasteiger partial charge in [0.15, 0.2) is 5.03 Å². The van der Waals surface area contributed by atoms with E-state index in [0.717, 1.165) is 0 Å². The Bertz CT molecular complexity index is 501. The molecule has 0 amide bonds. The minimum atomic E-state index is -3.55. The number of nitriles is 1. The highest BCUT2D eigenvalue weighted by Crippen LogP contribution is 2.13. The van der Waals surface area contributed by atoms with E-state index in [9.17, 15) is 8.42 Å². The molecule has 0 saturated heterocycles. The predicted octanol–water partition coefficient (Wildman–Crippen LogP) is 0.896. The number of rotatable bonds is 6. The number of hydrogen-bond donors (Lipinski definition) is 1. The highest BCUT2D eigenvalue weighted by Gasteiger charge is 2.24. The van der Waals surface area contributed by atoms with Gasteiger partial charge < -0.3 is 4.98 Å². The van der Waals surface area contributed by atoms with Gasteiger partial charge in [-0.15, -0.1) is 0 Å². The number of nitrogens with one attached hydrogen (secondary N) is 1. The van der Waals surface area contributed by atoms with Gasteiger partial charge in [0.25, 0.3) is 10.0 Å². The molecule has 6 nitrogen and oxygen atoms in total. The standard InChI is InChI=1S/C10H16N4O2S/c1-3-9-12-8-10(13-9)17(15,16)14(4-2)7-5-6-11/h8H,3-5,7H2,1-2H3,(H,12,13). The fourth-order valence-electron chi connectivity index (χ4n) is 1.42. The van der Waals surface area contributed by atoms with Crippen LogP contribution in [0.2, 0.25) is 0 Å². The third-order valence-corrected chi connectivity index (χ3v) is 4.27. The SMILES string of the molecule is CCc1ncc(S(=O)(=O)N(CC)CCC#N)[nH]1. The van der Waals surface area contributed by atoms with Crippen molar-refractivity contribution in [1.82, 2.24) is 14.3 Å². The molecule has 0 aromatic carbocycles. The van der Waals surface area contributed by atoms with Crippen LogP contribution >= 0.6 is 0 Å². The molecule has 1 aromatic rings. The lowest BCUT2D eigenvalue weighted by atomic mass is 10.5. The van der Waals surface area contributed by atoms with Gasteiger partial charge in [0.05, 0.1) is 12.3 Å². The molecule has 0 aliphatic rings. The van der Waals surface area contributed by atoms with Crippen molar-refractivity contribution in [3.63, 3.8) is 0 Å². The van der Waals surface area contributed by atoms with Crippen LogP contribution in [0.3, 0.4) is 0 Å². The van der Waals surface area contributed by atoms with Crippen molar-refractivity contribution < 1.29 is 8.42 Å². The molecule has 0 aliphatic heterocycles. The Balaban J connectivity index is 2.96. The van der Waals surface area contributed by atoms with Crippen molar-refractivity contribution in [3.05, 3.63) is 12.0 Å². The number of sulfonamides is 1. The molecule has 17 heavy (non-hydrogen) atoms. The quantitative estimate of drug-likeness (QED) is 0.818. The fraction of sp³-hybridized carbons (Fsp3) is 0.600. The van der Waals surface area contributed by atoms with Crippen LogP contribution in [0.5, 0.6) is 0 Å². The van der Waals surface area contributed by atoms with Crippen molar-refractivity contribution in [3.8, 4) is 6.07 Å². The molecule has 0 spiro atoms. The molecule has 0 radical (unpaired) electrons. The van der Waals surface area contributed by atoms with Gasteiger partial charge in [0, 0.05) is 25.9 Å². The topological polar surface area (TPSA) is 89.8 Å². The second kappa shape index (κ2) is 5.80. The maximum atomic E-state index is 12.1. The van der Waals surface area contributed by atoms with E-state index in [0.29, 0.717) is 18.8 Å². The fourth-order valence-corrected chi connectivity index (χ4v) is 2.80. The van der Waals surface area contributed by atoms with Crippen LogP contribution in [0.15, 0.2) is 11.2 Å². The van der Waals surface area contributed by atoms with Crippen LogP contribution in [0, 0.1) is 11.3 Å². The molecule has 0 fully saturated rings. The summed E-state index contributed by atoms with van der Waals surface area (Å²) in [7, 11) is -3.55. The van der Waals surface area contributed by atoms with E-state index in [4.69, 9.17) is 5.26 Å². The summed E-state index contributed by atoms with van der Waals surface area (Å²) in [6.45, 7) is 4.18. The van der Waals surface area contributed by atoms with Gasteiger partial charge >= 0.3 is 0 Å². The van der Waals surface area contributed by atoms with Crippen LogP contribution < -0.4 is 0 Å². The molecule has 7 heteroatoms. The number of nitrogens with zero attached hydrogens (tertiary/aromatic N) is 3. The van der Waals surface area contributed by atoms with Crippen molar-refractivity contribution in [2.24, 2.45) is 0 Å². The van der Waals surface area contributed by atoms with E-state index in [2.05, 4.69) is 9.97 Å². The van der Waals surface area contributed by atoms with Gasteiger partial charge in [-0.1, -0.05) is 13.8 Å². The predicted molar refractivity (Wildman–Crippen MR) is 62.6 cm³/mol. The number of imidazole rings is 1.